The molecule has 2 unspecified atom stereocenters. The number of anilines is 1. The molecule has 2 amide bonds. The van der Waals surface area contributed by atoms with Gasteiger partial charge in [-0.2, -0.15) is 4.68 Å². The molecule has 0 aliphatic rings. The Kier molecular flexibility index (Phi) is 7.02. The second-order valence-electron chi connectivity index (χ2n) is 7.47. The zero-order chi connectivity index (χ0) is 22.5. The van der Waals surface area contributed by atoms with Crippen LogP contribution in [0.4, 0.5) is 5.69 Å². The molecule has 2 N–H and O–H groups in total. The van der Waals surface area contributed by atoms with Crippen molar-refractivity contribution in [2.45, 2.75) is 40.2 Å². The van der Waals surface area contributed by atoms with E-state index in [1.54, 1.807) is 35.9 Å². The lowest BCUT2D eigenvalue weighted by Gasteiger charge is -2.24. The maximum atomic E-state index is 13.1. The highest BCUT2D eigenvalue weighted by Gasteiger charge is 2.26. The number of carbonyl (C=O) groups is 2. The van der Waals surface area contributed by atoms with Crippen molar-refractivity contribution in [2.24, 2.45) is 5.92 Å². The standard InChI is InChI=1S/C22H25ClN6O2/c1-5-13(2)20(25-21(30)16-7-9-17(23)10-8-16)22(31)24-18-11-6-14(3)19(12-18)29-15(4)26-27-28-29/h6-13,20H,5H2,1-4H3,(H,24,31)(H,25,30). The second-order valence-corrected chi connectivity index (χ2v) is 7.91. The zero-order valence-corrected chi connectivity index (χ0v) is 18.6. The molecule has 3 rings (SSSR count). The van der Waals surface area contributed by atoms with Crippen LogP contribution in [0.3, 0.4) is 0 Å². The molecule has 0 saturated heterocycles. The molecule has 0 fully saturated rings. The second kappa shape index (κ2) is 9.70. The van der Waals surface area contributed by atoms with E-state index in [1.165, 1.54) is 0 Å². The quantitative estimate of drug-likeness (QED) is 0.583. The summed E-state index contributed by atoms with van der Waals surface area (Å²) < 4.78 is 1.61. The fourth-order valence-electron chi connectivity index (χ4n) is 3.12. The lowest BCUT2D eigenvalue weighted by molar-refractivity contribution is -0.119. The monoisotopic (exact) mass is 440 g/mol. The first-order valence-electron chi connectivity index (χ1n) is 10.0. The Hall–Kier alpha value is -3.26. The first-order chi connectivity index (χ1) is 14.8. The summed E-state index contributed by atoms with van der Waals surface area (Å²) >= 11 is 5.90. The summed E-state index contributed by atoms with van der Waals surface area (Å²) in [4.78, 5) is 25.8. The topological polar surface area (TPSA) is 102 Å². The van der Waals surface area contributed by atoms with Crippen LogP contribution in [-0.4, -0.2) is 38.1 Å². The Balaban J connectivity index is 1.80. The van der Waals surface area contributed by atoms with Crippen molar-refractivity contribution >= 4 is 29.1 Å². The third kappa shape index (κ3) is 5.27. The highest BCUT2D eigenvalue weighted by Crippen LogP contribution is 2.21. The van der Waals surface area contributed by atoms with Gasteiger partial charge in [0, 0.05) is 16.3 Å². The van der Waals surface area contributed by atoms with Crippen molar-refractivity contribution in [1.82, 2.24) is 25.5 Å². The summed E-state index contributed by atoms with van der Waals surface area (Å²) in [5, 5.41) is 17.9. The number of amides is 2. The van der Waals surface area contributed by atoms with Gasteiger partial charge in [-0.1, -0.05) is 37.9 Å². The van der Waals surface area contributed by atoms with E-state index in [0.29, 0.717) is 22.1 Å². The minimum Gasteiger partial charge on any atom is -0.340 e. The molecule has 8 nitrogen and oxygen atoms in total. The van der Waals surface area contributed by atoms with Crippen LogP contribution in [0.5, 0.6) is 0 Å². The Morgan fingerprint density at radius 1 is 1.13 bits per heavy atom. The molecule has 3 aromatic rings. The number of aryl methyl sites for hydroxylation is 2. The van der Waals surface area contributed by atoms with Crippen molar-refractivity contribution in [3.05, 3.63) is 64.4 Å². The number of nitrogens with zero attached hydrogens (tertiary/aromatic N) is 4. The van der Waals surface area contributed by atoms with Gasteiger partial charge < -0.3 is 10.6 Å². The predicted molar refractivity (Wildman–Crippen MR) is 119 cm³/mol. The average Bonchev–Trinajstić information content (AvgIpc) is 3.18. The lowest BCUT2D eigenvalue weighted by atomic mass is 9.97. The summed E-state index contributed by atoms with van der Waals surface area (Å²) in [6.07, 6.45) is 0.724. The van der Waals surface area contributed by atoms with Gasteiger partial charge in [-0.15, -0.1) is 5.10 Å². The molecule has 0 aliphatic carbocycles. The van der Waals surface area contributed by atoms with Crippen LogP contribution in [0.25, 0.3) is 5.69 Å². The number of tetrazole rings is 1. The Bertz CT molecular complexity index is 1080. The highest BCUT2D eigenvalue weighted by atomic mass is 35.5. The molecule has 162 valence electrons. The number of hydrogen-bond acceptors (Lipinski definition) is 5. The van der Waals surface area contributed by atoms with E-state index in [9.17, 15) is 9.59 Å². The minimum atomic E-state index is -0.701. The molecule has 1 heterocycles. The van der Waals surface area contributed by atoms with Crippen LogP contribution in [0.15, 0.2) is 42.5 Å². The molecule has 0 aliphatic heterocycles. The lowest BCUT2D eigenvalue weighted by Crippen LogP contribution is -2.47. The Labute approximate surface area is 186 Å². The van der Waals surface area contributed by atoms with E-state index < -0.39 is 6.04 Å². The summed E-state index contributed by atoms with van der Waals surface area (Å²) in [5.74, 6) is -0.0480. The SMILES string of the molecule is CCC(C)C(NC(=O)c1ccc(Cl)cc1)C(=O)Nc1ccc(C)c(-n2nnnc2C)c1. The molecular formula is C22H25ClN6O2. The van der Waals surface area contributed by atoms with Crippen LogP contribution < -0.4 is 10.6 Å². The predicted octanol–water partition coefficient (Wildman–Crippen LogP) is 3.72. The largest absolute Gasteiger partial charge is 0.340 e. The minimum absolute atomic E-state index is 0.0667. The van der Waals surface area contributed by atoms with E-state index in [2.05, 4.69) is 26.2 Å². The first-order valence-corrected chi connectivity index (χ1v) is 10.4. The third-order valence-electron chi connectivity index (χ3n) is 5.22. The fourth-order valence-corrected chi connectivity index (χ4v) is 3.24. The van der Waals surface area contributed by atoms with Gasteiger partial charge in [0.2, 0.25) is 5.91 Å². The van der Waals surface area contributed by atoms with Gasteiger partial charge in [0.1, 0.15) is 6.04 Å². The van der Waals surface area contributed by atoms with E-state index in [1.807, 2.05) is 39.0 Å². The van der Waals surface area contributed by atoms with Gasteiger partial charge >= 0.3 is 0 Å². The van der Waals surface area contributed by atoms with E-state index in [4.69, 9.17) is 11.6 Å². The Morgan fingerprint density at radius 3 is 2.45 bits per heavy atom. The zero-order valence-electron chi connectivity index (χ0n) is 17.9. The van der Waals surface area contributed by atoms with Crippen molar-refractivity contribution in [2.75, 3.05) is 5.32 Å². The molecular weight excluding hydrogens is 416 g/mol. The summed E-state index contributed by atoms with van der Waals surface area (Å²) in [7, 11) is 0. The van der Waals surface area contributed by atoms with Crippen molar-refractivity contribution in [1.29, 1.82) is 0 Å². The third-order valence-corrected chi connectivity index (χ3v) is 5.47. The molecule has 0 radical (unpaired) electrons. The van der Waals surface area contributed by atoms with Gasteiger partial charge in [0.25, 0.3) is 5.91 Å². The molecule has 0 bridgehead atoms. The number of carbonyl (C=O) groups excluding carboxylic acids is 2. The van der Waals surface area contributed by atoms with Gasteiger partial charge in [0.05, 0.1) is 5.69 Å². The summed E-state index contributed by atoms with van der Waals surface area (Å²) in [5.41, 5.74) is 2.76. The van der Waals surface area contributed by atoms with Crippen molar-refractivity contribution < 1.29 is 9.59 Å². The molecule has 0 spiro atoms. The fraction of sp³-hybridized carbons (Fsp3) is 0.318. The molecule has 1 aromatic heterocycles. The van der Waals surface area contributed by atoms with Gasteiger partial charge in [-0.05, 0) is 72.2 Å². The maximum Gasteiger partial charge on any atom is 0.251 e. The number of aromatic nitrogens is 4. The van der Waals surface area contributed by atoms with Crippen LogP contribution >= 0.6 is 11.6 Å². The first kappa shape index (κ1) is 22.4. The van der Waals surface area contributed by atoms with E-state index >= 15 is 0 Å². The Morgan fingerprint density at radius 2 is 1.84 bits per heavy atom. The summed E-state index contributed by atoms with van der Waals surface area (Å²) in [6.45, 7) is 7.65. The average molecular weight is 441 g/mol. The number of benzene rings is 2. The smallest absolute Gasteiger partial charge is 0.251 e. The van der Waals surface area contributed by atoms with E-state index in [0.717, 1.165) is 17.7 Å². The number of halogens is 1. The van der Waals surface area contributed by atoms with Crippen LogP contribution in [0.1, 0.15) is 42.0 Å². The van der Waals surface area contributed by atoms with Crippen LogP contribution in [-0.2, 0) is 4.79 Å². The number of hydrogen-bond donors (Lipinski definition) is 2. The van der Waals surface area contributed by atoms with Crippen LogP contribution in [0, 0.1) is 19.8 Å². The molecule has 9 heteroatoms. The number of rotatable bonds is 7. The molecule has 2 atom stereocenters. The maximum absolute atomic E-state index is 13.1. The van der Waals surface area contributed by atoms with Crippen molar-refractivity contribution in [3.8, 4) is 5.69 Å². The summed E-state index contributed by atoms with van der Waals surface area (Å²) in [6, 6.07) is 11.3. The van der Waals surface area contributed by atoms with Crippen molar-refractivity contribution in [3.63, 3.8) is 0 Å². The molecule has 31 heavy (non-hydrogen) atoms. The van der Waals surface area contributed by atoms with Crippen LogP contribution in [0.2, 0.25) is 5.02 Å². The van der Waals surface area contributed by atoms with E-state index in [-0.39, 0.29) is 17.7 Å². The normalized spacial score (nSPS) is 12.8. The molecule has 2 aromatic carbocycles. The number of nitrogens with one attached hydrogen (secondary N) is 2. The van der Waals surface area contributed by atoms with Gasteiger partial charge in [0.15, 0.2) is 5.82 Å². The van der Waals surface area contributed by atoms with Gasteiger partial charge in [-0.3, -0.25) is 9.59 Å². The molecule has 0 saturated carbocycles. The highest BCUT2D eigenvalue weighted by molar-refractivity contribution is 6.30. The van der Waals surface area contributed by atoms with Gasteiger partial charge in [-0.25, -0.2) is 0 Å².